The number of primary amides is 1. The molecule has 2 amide bonds. The molecule has 19 heavy (non-hydrogen) atoms. The van der Waals surface area contributed by atoms with Gasteiger partial charge in [0.25, 0.3) is 5.91 Å². The van der Waals surface area contributed by atoms with E-state index in [1.54, 1.807) is 23.1 Å². The summed E-state index contributed by atoms with van der Waals surface area (Å²) in [7, 11) is 1.51. The molecule has 6 nitrogen and oxygen atoms in total. The lowest BCUT2D eigenvalue weighted by atomic mass is 9.96. The largest absolute Gasteiger partial charge is 0.481 e. The predicted octanol–water partition coefficient (Wildman–Crippen LogP) is 0.428. The van der Waals surface area contributed by atoms with Crippen molar-refractivity contribution in [1.29, 1.82) is 0 Å². The van der Waals surface area contributed by atoms with Gasteiger partial charge in [-0.3, -0.25) is 9.59 Å². The normalized spacial score (nSPS) is 16.2. The van der Waals surface area contributed by atoms with Gasteiger partial charge in [-0.1, -0.05) is 6.07 Å². The first kappa shape index (κ1) is 13.3. The summed E-state index contributed by atoms with van der Waals surface area (Å²) in [5.41, 5.74) is 5.62. The maximum absolute atomic E-state index is 12.2. The van der Waals surface area contributed by atoms with Gasteiger partial charge in [0.05, 0.1) is 7.11 Å². The molecule has 2 heterocycles. The van der Waals surface area contributed by atoms with Gasteiger partial charge in [-0.15, -0.1) is 0 Å². The number of amides is 2. The summed E-state index contributed by atoms with van der Waals surface area (Å²) in [6, 6.07) is 5.08. The highest BCUT2D eigenvalue weighted by molar-refractivity contribution is 5.92. The van der Waals surface area contributed by atoms with Crippen LogP contribution in [0.15, 0.2) is 18.2 Å². The van der Waals surface area contributed by atoms with E-state index in [0.29, 0.717) is 37.5 Å². The van der Waals surface area contributed by atoms with E-state index >= 15 is 0 Å². The lowest BCUT2D eigenvalue weighted by Gasteiger charge is -2.30. The quantitative estimate of drug-likeness (QED) is 0.856. The molecule has 0 unspecified atom stereocenters. The number of nitrogens with zero attached hydrogens (tertiary/aromatic N) is 2. The van der Waals surface area contributed by atoms with E-state index in [1.807, 2.05) is 0 Å². The van der Waals surface area contributed by atoms with Crippen molar-refractivity contribution in [2.45, 2.75) is 12.8 Å². The number of carbonyl (C=O) groups is 2. The zero-order valence-corrected chi connectivity index (χ0v) is 10.8. The van der Waals surface area contributed by atoms with Crippen molar-refractivity contribution < 1.29 is 14.3 Å². The number of pyridine rings is 1. The van der Waals surface area contributed by atoms with Crippen LogP contribution in [-0.2, 0) is 4.79 Å². The van der Waals surface area contributed by atoms with Crippen molar-refractivity contribution in [2.75, 3.05) is 20.2 Å². The molecule has 0 aromatic carbocycles. The molecule has 0 spiro atoms. The summed E-state index contributed by atoms with van der Waals surface area (Å²) in [4.78, 5) is 29.1. The zero-order chi connectivity index (χ0) is 13.8. The Morgan fingerprint density at radius 3 is 2.63 bits per heavy atom. The van der Waals surface area contributed by atoms with Gasteiger partial charge in [-0.2, -0.15) is 0 Å². The van der Waals surface area contributed by atoms with Crippen LogP contribution in [0, 0.1) is 5.92 Å². The average molecular weight is 263 g/mol. The second kappa shape index (κ2) is 5.69. The number of methoxy groups -OCH3 is 1. The van der Waals surface area contributed by atoms with Gasteiger partial charge in [0.2, 0.25) is 11.8 Å². The lowest BCUT2D eigenvalue weighted by molar-refractivity contribution is -0.123. The number of nitrogens with two attached hydrogens (primary N) is 1. The molecule has 1 fully saturated rings. The molecule has 2 rings (SSSR count). The summed E-state index contributed by atoms with van der Waals surface area (Å²) in [5, 5.41) is 0. The Labute approximate surface area is 111 Å². The number of hydrogen-bond acceptors (Lipinski definition) is 4. The minimum absolute atomic E-state index is 0.123. The highest BCUT2D eigenvalue weighted by Crippen LogP contribution is 2.18. The number of likely N-dealkylation sites (tertiary alicyclic amines) is 1. The minimum atomic E-state index is -0.286. The van der Waals surface area contributed by atoms with E-state index in [9.17, 15) is 9.59 Å². The van der Waals surface area contributed by atoms with Gasteiger partial charge in [0.15, 0.2) is 0 Å². The highest BCUT2D eigenvalue weighted by atomic mass is 16.5. The Morgan fingerprint density at radius 1 is 1.37 bits per heavy atom. The molecule has 0 radical (unpaired) electrons. The standard InChI is InChI=1S/C13H17N3O3/c1-19-11-4-2-3-10(15-11)13(18)16-7-5-9(6-8-16)12(14)17/h2-4,9H,5-8H2,1H3,(H2,14,17). The van der Waals surface area contributed by atoms with Crippen molar-refractivity contribution >= 4 is 11.8 Å². The van der Waals surface area contributed by atoms with Crippen LogP contribution in [0.2, 0.25) is 0 Å². The molecular weight excluding hydrogens is 246 g/mol. The van der Waals surface area contributed by atoms with Crippen LogP contribution >= 0.6 is 0 Å². The Kier molecular flexibility index (Phi) is 3.99. The predicted molar refractivity (Wildman–Crippen MR) is 68.6 cm³/mol. The summed E-state index contributed by atoms with van der Waals surface area (Å²) in [6.07, 6.45) is 1.23. The number of ether oxygens (including phenoxy) is 1. The Hall–Kier alpha value is -2.11. The Morgan fingerprint density at radius 2 is 2.05 bits per heavy atom. The van der Waals surface area contributed by atoms with Crippen LogP contribution in [0.4, 0.5) is 0 Å². The second-order valence-electron chi connectivity index (χ2n) is 4.53. The molecule has 2 N–H and O–H groups in total. The van der Waals surface area contributed by atoms with E-state index < -0.39 is 0 Å². The summed E-state index contributed by atoms with van der Waals surface area (Å²) in [6.45, 7) is 1.07. The van der Waals surface area contributed by atoms with E-state index in [-0.39, 0.29) is 17.7 Å². The SMILES string of the molecule is COc1cccc(C(=O)N2CCC(C(N)=O)CC2)n1. The maximum Gasteiger partial charge on any atom is 0.272 e. The fraction of sp³-hybridized carbons (Fsp3) is 0.462. The van der Waals surface area contributed by atoms with Crippen LogP contribution in [0.5, 0.6) is 5.88 Å². The number of aromatic nitrogens is 1. The first-order chi connectivity index (χ1) is 9.11. The van der Waals surface area contributed by atoms with Crippen LogP contribution in [0.25, 0.3) is 0 Å². The minimum Gasteiger partial charge on any atom is -0.481 e. The molecule has 1 aromatic rings. The number of hydrogen-bond donors (Lipinski definition) is 1. The molecule has 0 saturated carbocycles. The molecule has 0 atom stereocenters. The van der Waals surface area contributed by atoms with E-state index in [1.165, 1.54) is 7.11 Å². The van der Waals surface area contributed by atoms with Crippen molar-refractivity contribution in [1.82, 2.24) is 9.88 Å². The first-order valence-corrected chi connectivity index (χ1v) is 6.21. The van der Waals surface area contributed by atoms with Gasteiger partial charge in [-0.25, -0.2) is 4.98 Å². The molecule has 0 bridgehead atoms. The van der Waals surface area contributed by atoms with Crippen LogP contribution in [-0.4, -0.2) is 41.9 Å². The van der Waals surface area contributed by atoms with Crippen LogP contribution in [0.1, 0.15) is 23.3 Å². The molecule has 0 aliphatic carbocycles. The Bertz CT molecular complexity index is 482. The molecular formula is C13H17N3O3. The zero-order valence-electron chi connectivity index (χ0n) is 10.8. The molecule has 102 valence electrons. The second-order valence-corrected chi connectivity index (χ2v) is 4.53. The summed E-state index contributed by atoms with van der Waals surface area (Å²) < 4.78 is 5.00. The average Bonchev–Trinajstić information content (AvgIpc) is 2.46. The number of carbonyl (C=O) groups excluding carboxylic acids is 2. The number of piperidine rings is 1. The molecule has 1 aliphatic heterocycles. The van der Waals surface area contributed by atoms with E-state index in [0.717, 1.165) is 0 Å². The highest BCUT2D eigenvalue weighted by Gasteiger charge is 2.27. The van der Waals surface area contributed by atoms with E-state index in [4.69, 9.17) is 10.5 Å². The fourth-order valence-corrected chi connectivity index (χ4v) is 2.18. The van der Waals surface area contributed by atoms with Crippen molar-refractivity contribution in [3.8, 4) is 5.88 Å². The molecule has 6 heteroatoms. The molecule has 1 aliphatic rings. The topological polar surface area (TPSA) is 85.5 Å². The van der Waals surface area contributed by atoms with Gasteiger partial charge < -0.3 is 15.4 Å². The lowest BCUT2D eigenvalue weighted by Crippen LogP contribution is -2.42. The monoisotopic (exact) mass is 263 g/mol. The molecule has 1 aromatic heterocycles. The van der Waals surface area contributed by atoms with Gasteiger partial charge in [-0.05, 0) is 18.9 Å². The van der Waals surface area contributed by atoms with Crippen molar-refractivity contribution in [3.05, 3.63) is 23.9 Å². The third-order valence-electron chi connectivity index (χ3n) is 3.34. The number of rotatable bonds is 3. The summed E-state index contributed by atoms with van der Waals surface area (Å²) >= 11 is 0. The maximum atomic E-state index is 12.2. The van der Waals surface area contributed by atoms with Crippen molar-refractivity contribution in [2.24, 2.45) is 11.7 Å². The smallest absolute Gasteiger partial charge is 0.272 e. The van der Waals surface area contributed by atoms with Gasteiger partial charge >= 0.3 is 0 Å². The molecule has 1 saturated heterocycles. The summed E-state index contributed by atoms with van der Waals surface area (Å²) in [5.74, 6) is -0.131. The Balaban J connectivity index is 2.02. The van der Waals surface area contributed by atoms with E-state index in [2.05, 4.69) is 4.98 Å². The fourth-order valence-electron chi connectivity index (χ4n) is 2.18. The third kappa shape index (κ3) is 3.01. The van der Waals surface area contributed by atoms with Crippen LogP contribution in [0.3, 0.4) is 0 Å². The third-order valence-corrected chi connectivity index (χ3v) is 3.34. The first-order valence-electron chi connectivity index (χ1n) is 6.21. The van der Waals surface area contributed by atoms with Gasteiger partial charge in [0, 0.05) is 25.1 Å². The van der Waals surface area contributed by atoms with Gasteiger partial charge in [0.1, 0.15) is 5.69 Å². The van der Waals surface area contributed by atoms with Crippen LogP contribution < -0.4 is 10.5 Å². The van der Waals surface area contributed by atoms with Crippen molar-refractivity contribution in [3.63, 3.8) is 0 Å².